The molecular weight excluding hydrogens is 393 g/mol. The van der Waals surface area contributed by atoms with Gasteiger partial charge in [0.25, 0.3) is 5.95 Å². The predicted molar refractivity (Wildman–Crippen MR) is 108 cm³/mol. The molecule has 1 atom stereocenters. The van der Waals surface area contributed by atoms with Crippen LogP contribution in [0.5, 0.6) is 0 Å². The van der Waals surface area contributed by atoms with Crippen LogP contribution >= 0.6 is 11.6 Å². The quantitative estimate of drug-likeness (QED) is 0.637. The number of ether oxygens (including phenoxy) is 1. The number of benzene rings is 1. The Balaban J connectivity index is 1.47. The second kappa shape index (κ2) is 7.07. The van der Waals surface area contributed by atoms with Gasteiger partial charge in [-0.25, -0.2) is 14.1 Å². The van der Waals surface area contributed by atoms with Crippen LogP contribution in [-0.2, 0) is 11.2 Å². The van der Waals surface area contributed by atoms with Crippen LogP contribution in [0, 0.1) is 5.41 Å². The van der Waals surface area contributed by atoms with Crippen molar-refractivity contribution in [3.8, 4) is 5.95 Å². The number of aromatic nitrogens is 4. The normalized spacial score (nSPS) is 18.4. The van der Waals surface area contributed by atoms with Crippen LogP contribution in [0.15, 0.2) is 42.6 Å². The second-order valence-electron chi connectivity index (χ2n) is 7.97. The van der Waals surface area contributed by atoms with Gasteiger partial charge in [0.05, 0.1) is 30.0 Å². The molecule has 0 amide bonds. The Labute approximate surface area is 173 Å². The lowest BCUT2D eigenvalue weighted by atomic mass is 9.78. The highest BCUT2D eigenvalue weighted by molar-refractivity contribution is 6.30. The molecule has 0 radical (unpaired) electrons. The summed E-state index contributed by atoms with van der Waals surface area (Å²) in [6.07, 6.45) is 1.21. The van der Waals surface area contributed by atoms with Gasteiger partial charge in [0.15, 0.2) is 0 Å². The first-order valence-electron chi connectivity index (χ1n) is 9.65. The maximum absolute atomic E-state index is 13.6. The highest BCUT2D eigenvalue weighted by Gasteiger charge is 2.49. The fourth-order valence-corrected chi connectivity index (χ4v) is 3.92. The molecule has 1 spiro atoms. The van der Waals surface area contributed by atoms with Gasteiger partial charge in [-0.1, -0.05) is 23.7 Å². The Hall–Kier alpha value is -2.51. The Morgan fingerprint density at radius 2 is 1.93 bits per heavy atom. The maximum Gasteiger partial charge on any atom is 0.252 e. The molecule has 0 aliphatic carbocycles. The van der Waals surface area contributed by atoms with Crippen molar-refractivity contribution in [2.45, 2.75) is 19.5 Å². The van der Waals surface area contributed by atoms with E-state index >= 15 is 0 Å². The van der Waals surface area contributed by atoms with Crippen LogP contribution in [0.1, 0.15) is 30.0 Å². The molecule has 2 fully saturated rings. The van der Waals surface area contributed by atoms with E-state index in [0.29, 0.717) is 23.1 Å². The molecule has 29 heavy (non-hydrogen) atoms. The molecule has 8 heteroatoms. The highest BCUT2D eigenvalue weighted by Crippen LogP contribution is 2.39. The van der Waals surface area contributed by atoms with Gasteiger partial charge in [-0.05, 0) is 30.7 Å². The van der Waals surface area contributed by atoms with Crippen LogP contribution in [-0.4, -0.2) is 46.1 Å². The summed E-state index contributed by atoms with van der Waals surface area (Å²) in [6, 6.07) is 11.4. The summed E-state index contributed by atoms with van der Waals surface area (Å²) in [5.74, 6) is 1.31. The van der Waals surface area contributed by atoms with E-state index in [1.54, 1.807) is 16.9 Å². The van der Waals surface area contributed by atoms with Gasteiger partial charge in [-0.2, -0.15) is 10.1 Å². The lowest BCUT2D eigenvalue weighted by molar-refractivity contribution is -0.127. The van der Waals surface area contributed by atoms with Gasteiger partial charge in [-0.15, -0.1) is 0 Å². The van der Waals surface area contributed by atoms with Crippen molar-refractivity contribution in [3.63, 3.8) is 0 Å². The Morgan fingerprint density at radius 1 is 1.17 bits per heavy atom. The Bertz CT molecular complexity index is 1020. The fourth-order valence-electron chi connectivity index (χ4n) is 3.80. The van der Waals surface area contributed by atoms with Crippen molar-refractivity contribution in [1.29, 1.82) is 0 Å². The molecular formula is C21H21ClFN5O. The summed E-state index contributed by atoms with van der Waals surface area (Å²) in [6.45, 7) is 4.95. The summed E-state index contributed by atoms with van der Waals surface area (Å²) in [5.41, 5.74) is 2.64. The molecule has 4 heterocycles. The van der Waals surface area contributed by atoms with Crippen LogP contribution < -0.4 is 4.90 Å². The first-order valence-corrected chi connectivity index (χ1v) is 10.0. The summed E-state index contributed by atoms with van der Waals surface area (Å²) in [5, 5.41) is 5.01. The number of nitrogens with zero attached hydrogens (tertiary/aromatic N) is 5. The van der Waals surface area contributed by atoms with E-state index in [1.165, 1.54) is 6.92 Å². The number of anilines is 1. The van der Waals surface area contributed by atoms with Crippen LogP contribution in [0.25, 0.3) is 5.95 Å². The molecule has 2 aliphatic heterocycles. The third-order valence-electron chi connectivity index (χ3n) is 5.47. The molecule has 2 aromatic heterocycles. The summed E-state index contributed by atoms with van der Waals surface area (Å²) in [4.78, 5) is 11.6. The molecule has 3 aromatic rings. The van der Waals surface area contributed by atoms with Gasteiger partial charge in [0.1, 0.15) is 12.0 Å². The molecule has 2 aliphatic rings. The second-order valence-corrected chi connectivity index (χ2v) is 8.41. The van der Waals surface area contributed by atoms with Crippen molar-refractivity contribution in [3.05, 3.63) is 64.6 Å². The first kappa shape index (κ1) is 18.5. The van der Waals surface area contributed by atoms with Crippen molar-refractivity contribution in [1.82, 2.24) is 19.7 Å². The molecule has 150 valence electrons. The van der Waals surface area contributed by atoms with Crippen LogP contribution in [0.3, 0.4) is 0 Å². The van der Waals surface area contributed by atoms with Gasteiger partial charge in [0.2, 0.25) is 0 Å². The van der Waals surface area contributed by atoms with Crippen molar-refractivity contribution in [2.24, 2.45) is 5.41 Å². The smallest absolute Gasteiger partial charge is 0.252 e. The molecule has 1 unspecified atom stereocenters. The maximum atomic E-state index is 13.6. The zero-order chi connectivity index (χ0) is 20.0. The van der Waals surface area contributed by atoms with E-state index in [4.69, 9.17) is 21.3 Å². The van der Waals surface area contributed by atoms with E-state index < -0.39 is 6.17 Å². The van der Waals surface area contributed by atoms with Crippen molar-refractivity contribution in [2.75, 3.05) is 31.2 Å². The number of hydrogen-bond acceptors (Lipinski definition) is 5. The third kappa shape index (κ3) is 3.60. The summed E-state index contributed by atoms with van der Waals surface area (Å²) in [7, 11) is 0. The average molecular weight is 414 g/mol. The molecule has 5 rings (SSSR count). The number of hydrogen-bond donors (Lipinski definition) is 0. The van der Waals surface area contributed by atoms with Gasteiger partial charge in [0, 0.05) is 36.8 Å². The van der Waals surface area contributed by atoms with E-state index in [1.807, 2.05) is 30.3 Å². The lowest BCUT2D eigenvalue weighted by Gasteiger charge is -2.55. The number of alkyl halides is 1. The summed E-state index contributed by atoms with van der Waals surface area (Å²) >= 11 is 6.00. The average Bonchev–Trinajstić information content (AvgIpc) is 3.12. The minimum absolute atomic E-state index is 0.282. The Kier molecular flexibility index (Phi) is 4.52. The molecule has 0 saturated carbocycles. The highest BCUT2D eigenvalue weighted by atomic mass is 35.5. The van der Waals surface area contributed by atoms with Gasteiger partial charge < -0.3 is 9.64 Å². The van der Waals surface area contributed by atoms with Crippen molar-refractivity contribution < 1.29 is 9.13 Å². The van der Waals surface area contributed by atoms with E-state index in [-0.39, 0.29) is 5.41 Å². The van der Waals surface area contributed by atoms with E-state index in [9.17, 15) is 4.39 Å². The lowest BCUT2D eigenvalue weighted by Crippen LogP contribution is -2.66. The minimum Gasteiger partial charge on any atom is -0.380 e. The SMILES string of the molecule is CC(F)c1ccn(-c2nc(Cc3ccc(Cl)cc3)cc(N3CC4(COC4)C3)n2)n1. The predicted octanol–water partition coefficient (Wildman–Crippen LogP) is 3.77. The third-order valence-corrected chi connectivity index (χ3v) is 5.72. The molecule has 0 N–H and O–H groups in total. The zero-order valence-electron chi connectivity index (χ0n) is 16.1. The number of halogens is 2. The minimum atomic E-state index is -1.14. The van der Waals surface area contributed by atoms with Crippen molar-refractivity contribution >= 4 is 17.4 Å². The molecule has 1 aromatic carbocycles. The molecule has 2 saturated heterocycles. The van der Waals surface area contributed by atoms with Crippen LogP contribution in [0.2, 0.25) is 5.02 Å². The monoisotopic (exact) mass is 413 g/mol. The summed E-state index contributed by atoms with van der Waals surface area (Å²) < 4.78 is 20.5. The number of rotatable bonds is 5. The topological polar surface area (TPSA) is 56.1 Å². The Morgan fingerprint density at radius 3 is 2.55 bits per heavy atom. The van der Waals surface area contributed by atoms with E-state index in [2.05, 4.69) is 15.0 Å². The van der Waals surface area contributed by atoms with Gasteiger partial charge in [-0.3, -0.25) is 0 Å². The zero-order valence-corrected chi connectivity index (χ0v) is 16.8. The van der Waals surface area contributed by atoms with Gasteiger partial charge >= 0.3 is 0 Å². The fraction of sp³-hybridized carbons (Fsp3) is 0.381. The largest absolute Gasteiger partial charge is 0.380 e. The standard InChI is InChI=1S/C21H21ClFN5O/c1-14(23)18-6-7-28(26-18)20-24-17(8-15-2-4-16(22)5-3-15)9-19(25-20)27-10-21(11-27)12-29-13-21/h2-7,9,14H,8,10-13H2,1H3. The molecule has 0 bridgehead atoms. The van der Waals surface area contributed by atoms with E-state index in [0.717, 1.165) is 43.4 Å². The molecule has 6 nitrogen and oxygen atoms in total. The first-order chi connectivity index (χ1) is 14.0. The van der Waals surface area contributed by atoms with Crippen LogP contribution in [0.4, 0.5) is 10.2 Å².